The molecule has 1 unspecified atom stereocenters. The largest absolute Gasteiger partial charge is 0.294 e. The molecule has 1 aliphatic heterocycles. The molecule has 0 radical (unpaired) electrons. The van der Waals surface area contributed by atoms with Crippen molar-refractivity contribution in [3.63, 3.8) is 0 Å². The van der Waals surface area contributed by atoms with Crippen molar-refractivity contribution < 1.29 is 4.79 Å². The highest BCUT2D eigenvalue weighted by Crippen LogP contribution is 2.42. The summed E-state index contributed by atoms with van der Waals surface area (Å²) in [4.78, 5) is 11.3. The van der Waals surface area contributed by atoms with Gasteiger partial charge in [0, 0.05) is 6.16 Å². The summed E-state index contributed by atoms with van der Waals surface area (Å²) in [5.74, 6) is 2.45. The topological polar surface area (TPSA) is 17.1 Å². The van der Waals surface area contributed by atoms with Crippen LogP contribution in [0.1, 0.15) is 6.92 Å². The van der Waals surface area contributed by atoms with Crippen LogP contribution in [0, 0.1) is 0 Å². The lowest BCUT2D eigenvalue weighted by molar-refractivity contribution is -0.113. The minimum Gasteiger partial charge on any atom is -0.294 e. The van der Waals surface area contributed by atoms with Gasteiger partial charge in [-0.2, -0.15) is 0 Å². The van der Waals surface area contributed by atoms with E-state index in [1.54, 1.807) is 0 Å². The van der Waals surface area contributed by atoms with E-state index in [4.69, 9.17) is 0 Å². The van der Waals surface area contributed by atoms with Crippen molar-refractivity contribution >= 4 is 19.0 Å². The highest BCUT2D eigenvalue weighted by molar-refractivity contribution is 7.70. The quantitative estimate of drug-likeness (QED) is 0.621. The van der Waals surface area contributed by atoms with E-state index in [0.717, 1.165) is 5.57 Å². The molecular formula is C11H11OP. The average molecular weight is 190 g/mol. The summed E-state index contributed by atoms with van der Waals surface area (Å²) in [6.45, 7) is 1.91. The maximum absolute atomic E-state index is 11.3. The number of Topliss-reactive ketones (excluding diaryl/α,β-unsaturated/α-hetero) is 1. The summed E-state index contributed by atoms with van der Waals surface area (Å²) < 4.78 is 0. The number of ketones is 1. The Labute approximate surface area is 79.2 Å². The molecule has 1 nitrogen and oxygen atoms in total. The third-order valence-corrected chi connectivity index (χ3v) is 4.48. The van der Waals surface area contributed by atoms with Crippen LogP contribution in [-0.2, 0) is 4.79 Å². The van der Waals surface area contributed by atoms with Gasteiger partial charge in [-0.1, -0.05) is 30.3 Å². The first-order valence-electron chi connectivity index (χ1n) is 4.31. The zero-order valence-electron chi connectivity index (χ0n) is 7.53. The summed E-state index contributed by atoms with van der Waals surface area (Å²) >= 11 is 0. The molecule has 1 heterocycles. The Bertz CT molecular complexity index is 354. The average Bonchev–Trinajstić information content (AvgIpc) is 2.49. The summed E-state index contributed by atoms with van der Waals surface area (Å²) in [5.41, 5.74) is 0.940. The number of carbonyl (C=O) groups excluding carboxylic acids is 1. The normalized spacial score (nSPS) is 21.8. The molecule has 0 amide bonds. The maximum atomic E-state index is 11.3. The van der Waals surface area contributed by atoms with Gasteiger partial charge in [-0.25, -0.2) is 0 Å². The second kappa shape index (κ2) is 3.43. The number of hydrogen-bond donors (Lipinski definition) is 0. The van der Waals surface area contributed by atoms with Crippen LogP contribution in [0.4, 0.5) is 0 Å². The van der Waals surface area contributed by atoms with Crippen molar-refractivity contribution in [3.05, 3.63) is 41.7 Å². The molecule has 13 heavy (non-hydrogen) atoms. The third-order valence-electron chi connectivity index (χ3n) is 2.19. The Morgan fingerprint density at radius 2 is 1.92 bits per heavy atom. The first-order valence-corrected chi connectivity index (χ1v) is 5.90. The highest BCUT2D eigenvalue weighted by atomic mass is 31.1. The molecule has 0 aliphatic carbocycles. The van der Waals surface area contributed by atoms with Crippen LogP contribution in [0.25, 0.3) is 0 Å². The number of allylic oxidation sites excluding steroid dienone is 1. The second-order valence-electron chi connectivity index (χ2n) is 3.20. The molecule has 0 spiro atoms. The van der Waals surface area contributed by atoms with Gasteiger partial charge in [0.15, 0.2) is 5.78 Å². The molecule has 1 aromatic rings. The Kier molecular flexibility index (Phi) is 2.28. The highest BCUT2D eigenvalue weighted by Gasteiger charge is 2.21. The van der Waals surface area contributed by atoms with Crippen molar-refractivity contribution in [1.29, 1.82) is 0 Å². The van der Waals surface area contributed by atoms with Crippen LogP contribution in [0.15, 0.2) is 41.7 Å². The molecule has 66 valence electrons. The Morgan fingerprint density at radius 1 is 1.23 bits per heavy atom. The zero-order valence-corrected chi connectivity index (χ0v) is 8.42. The fourth-order valence-corrected chi connectivity index (χ4v) is 3.56. The standard InChI is InChI=1S/C11H11OP/c1-9-7-13(8-11(9)12)10-5-3-2-4-6-10/h2-7H,8H2,1H3. The maximum Gasteiger partial charge on any atom is 0.163 e. The number of carbonyl (C=O) groups is 1. The smallest absolute Gasteiger partial charge is 0.163 e. The van der Waals surface area contributed by atoms with Gasteiger partial charge in [0.05, 0.1) is 0 Å². The minimum absolute atomic E-state index is 0.315. The lowest BCUT2D eigenvalue weighted by atomic mass is 10.3. The van der Waals surface area contributed by atoms with E-state index in [0.29, 0.717) is 11.9 Å². The molecule has 0 N–H and O–H groups in total. The van der Waals surface area contributed by atoms with Gasteiger partial charge in [-0.15, -0.1) is 0 Å². The molecule has 0 fully saturated rings. The Morgan fingerprint density at radius 3 is 2.46 bits per heavy atom. The number of benzene rings is 1. The Hall–Kier alpha value is -0.940. The molecule has 0 bridgehead atoms. The van der Waals surface area contributed by atoms with Crippen LogP contribution < -0.4 is 5.30 Å². The molecule has 2 rings (SSSR count). The first-order chi connectivity index (χ1) is 6.27. The molecular weight excluding hydrogens is 179 g/mol. The first kappa shape index (κ1) is 8.65. The van der Waals surface area contributed by atoms with Gasteiger partial charge in [-0.3, -0.25) is 4.79 Å². The molecule has 1 aromatic carbocycles. The number of rotatable bonds is 1. The molecule has 1 atom stereocenters. The van der Waals surface area contributed by atoms with Gasteiger partial charge in [-0.05, 0) is 31.5 Å². The van der Waals surface area contributed by atoms with Crippen LogP contribution >= 0.6 is 7.92 Å². The van der Waals surface area contributed by atoms with Gasteiger partial charge < -0.3 is 0 Å². The van der Waals surface area contributed by atoms with Gasteiger partial charge in [0.2, 0.25) is 0 Å². The van der Waals surface area contributed by atoms with E-state index < -0.39 is 0 Å². The second-order valence-corrected chi connectivity index (χ2v) is 5.23. The van der Waals surface area contributed by atoms with Crippen molar-refractivity contribution in [1.82, 2.24) is 0 Å². The van der Waals surface area contributed by atoms with E-state index in [1.165, 1.54) is 5.30 Å². The lowest BCUT2D eigenvalue weighted by Crippen LogP contribution is -2.02. The van der Waals surface area contributed by atoms with E-state index in [1.807, 2.05) is 25.1 Å². The summed E-state index contributed by atoms with van der Waals surface area (Å²) in [7, 11) is -0.331. The molecule has 1 aliphatic rings. The fraction of sp³-hybridized carbons (Fsp3) is 0.182. The predicted octanol–water partition coefficient (Wildman–Crippen LogP) is 2.28. The Balaban J connectivity index is 2.27. The minimum atomic E-state index is -0.331. The van der Waals surface area contributed by atoms with Gasteiger partial charge >= 0.3 is 0 Å². The molecule has 0 aromatic heterocycles. The van der Waals surface area contributed by atoms with Crippen molar-refractivity contribution in [2.45, 2.75) is 6.92 Å². The molecule has 0 saturated carbocycles. The molecule has 2 heteroatoms. The predicted molar refractivity (Wildman–Crippen MR) is 56.6 cm³/mol. The van der Waals surface area contributed by atoms with Crippen LogP contribution in [0.2, 0.25) is 0 Å². The monoisotopic (exact) mass is 190 g/mol. The van der Waals surface area contributed by atoms with Crippen LogP contribution in [0.3, 0.4) is 0 Å². The number of hydrogen-bond acceptors (Lipinski definition) is 1. The van der Waals surface area contributed by atoms with Crippen LogP contribution in [0.5, 0.6) is 0 Å². The zero-order chi connectivity index (χ0) is 9.26. The summed E-state index contributed by atoms with van der Waals surface area (Å²) in [6, 6.07) is 10.3. The van der Waals surface area contributed by atoms with E-state index in [2.05, 4.69) is 17.9 Å². The molecule has 0 saturated heterocycles. The summed E-state index contributed by atoms with van der Waals surface area (Å²) in [5, 5.41) is 1.31. The summed E-state index contributed by atoms with van der Waals surface area (Å²) in [6.07, 6.45) is 0.713. The van der Waals surface area contributed by atoms with Crippen molar-refractivity contribution in [3.8, 4) is 0 Å². The van der Waals surface area contributed by atoms with E-state index in [-0.39, 0.29) is 7.92 Å². The van der Waals surface area contributed by atoms with Gasteiger partial charge in [0.1, 0.15) is 0 Å². The van der Waals surface area contributed by atoms with Gasteiger partial charge in [0.25, 0.3) is 0 Å². The van der Waals surface area contributed by atoms with E-state index >= 15 is 0 Å². The van der Waals surface area contributed by atoms with Crippen molar-refractivity contribution in [2.75, 3.05) is 6.16 Å². The SMILES string of the molecule is CC1=CP(c2ccccc2)CC1=O. The van der Waals surface area contributed by atoms with E-state index in [9.17, 15) is 4.79 Å². The van der Waals surface area contributed by atoms with Crippen LogP contribution in [-0.4, -0.2) is 11.9 Å². The lowest BCUT2D eigenvalue weighted by Gasteiger charge is -2.05. The third kappa shape index (κ3) is 1.71. The fourth-order valence-electron chi connectivity index (χ4n) is 1.42. The van der Waals surface area contributed by atoms with Crippen molar-refractivity contribution in [2.24, 2.45) is 0 Å².